The van der Waals surface area contributed by atoms with Crippen molar-refractivity contribution in [2.45, 2.75) is 26.8 Å². The number of hydrogen-bond acceptors (Lipinski definition) is 3. The first kappa shape index (κ1) is 15.6. The van der Waals surface area contributed by atoms with Gasteiger partial charge in [-0.05, 0) is 50.2 Å². The lowest BCUT2D eigenvalue weighted by molar-refractivity contribution is -0.114. The zero-order valence-corrected chi connectivity index (χ0v) is 12.8. The van der Waals surface area contributed by atoms with Gasteiger partial charge in [0.05, 0.1) is 6.04 Å². The molecule has 1 aromatic carbocycles. The number of amides is 3. The smallest absolute Gasteiger partial charge is 0.319 e. The van der Waals surface area contributed by atoms with E-state index in [-0.39, 0.29) is 18.0 Å². The van der Waals surface area contributed by atoms with Gasteiger partial charge in [0.25, 0.3) is 0 Å². The van der Waals surface area contributed by atoms with Gasteiger partial charge >= 0.3 is 6.03 Å². The topological polar surface area (TPSA) is 83.4 Å². The predicted octanol–water partition coefficient (Wildman–Crippen LogP) is 3.43. The number of hydrogen-bond donors (Lipinski definition) is 3. The summed E-state index contributed by atoms with van der Waals surface area (Å²) in [6.45, 7) is 5.14. The molecule has 0 aliphatic carbocycles. The van der Waals surface area contributed by atoms with Crippen molar-refractivity contribution in [2.24, 2.45) is 0 Å². The highest BCUT2D eigenvalue weighted by Gasteiger charge is 2.12. The lowest BCUT2D eigenvalue weighted by Crippen LogP contribution is -2.30. The maximum Gasteiger partial charge on any atom is 0.319 e. The molecule has 116 valence electrons. The second-order valence-electron chi connectivity index (χ2n) is 5.03. The Hall–Kier alpha value is -2.76. The quantitative estimate of drug-likeness (QED) is 0.809. The summed E-state index contributed by atoms with van der Waals surface area (Å²) >= 11 is 0. The molecule has 1 atom stereocenters. The summed E-state index contributed by atoms with van der Waals surface area (Å²) in [5.74, 6) is 1.37. The highest BCUT2D eigenvalue weighted by atomic mass is 16.3. The van der Waals surface area contributed by atoms with Gasteiger partial charge in [0.15, 0.2) is 0 Å². The maximum absolute atomic E-state index is 11.9. The van der Waals surface area contributed by atoms with Crippen LogP contribution in [0.1, 0.15) is 31.4 Å². The Morgan fingerprint density at radius 3 is 2.09 bits per heavy atom. The van der Waals surface area contributed by atoms with Crippen molar-refractivity contribution in [3.63, 3.8) is 0 Å². The van der Waals surface area contributed by atoms with Crippen molar-refractivity contribution in [2.75, 3.05) is 10.6 Å². The van der Waals surface area contributed by atoms with Gasteiger partial charge in [0.2, 0.25) is 5.91 Å². The number of nitrogens with one attached hydrogen (secondary N) is 3. The standard InChI is InChI=1S/C16H19N3O3/c1-10-4-9-15(22-10)11(2)17-16(21)19-14-7-5-13(6-8-14)18-12(3)20/h4-9,11H,1-3H3,(H,18,20)(H2,17,19,21). The number of carbonyl (C=O) groups excluding carboxylic acids is 2. The fourth-order valence-corrected chi connectivity index (χ4v) is 1.96. The fraction of sp³-hybridized carbons (Fsp3) is 0.250. The first-order valence-electron chi connectivity index (χ1n) is 6.95. The van der Waals surface area contributed by atoms with Crippen molar-refractivity contribution >= 4 is 23.3 Å². The molecule has 1 heterocycles. The summed E-state index contributed by atoms with van der Waals surface area (Å²) in [6, 6.07) is 10.0. The Kier molecular flexibility index (Phi) is 4.83. The summed E-state index contributed by atoms with van der Waals surface area (Å²) < 4.78 is 5.47. The summed E-state index contributed by atoms with van der Waals surface area (Å²) in [4.78, 5) is 22.9. The Morgan fingerprint density at radius 2 is 1.59 bits per heavy atom. The number of rotatable bonds is 4. The molecule has 0 fully saturated rings. The van der Waals surface area contributed by atoms with Crippen molar-refractivity contribution in [1.29, 1.82) is 0 Å². The van der Waals surface area contributed by atoms with Crippen LogP contribution in [0.4, 0.5) is 16.2 Å². The summed E-state index contributed by atoms with van der Waals surface area (Å²) in [5, 5.41) is 8.18. The number of benzene rings is 1. The number of furan rings is 1. The van der Waals surface area contributed by atoms with Gasteiger partial charge < -0.3 is 20.4 Å². The molecule has 6 heteroatoms. The molecule has 1 unspecified atom stereocenters. The molecule has 0 aliphatic heterocycles. The SMILES string of the molecule is CC(=O)Nc1ccc(NC(=O)NC(C)c2ccc(C)o2)cc1. The molecule has 22 heavy (non-hydrogen) atoms. The molecule has 0 aliphatic rings. The van der Waals surface area contributed by atoms with E-state index >= 15 is 0 Å². The Balaban J connectivity index is 1.90. The number of aryl methyl sites for hydroxylation is 1. The third kappa shape index (κ3) is 4.37. The molecule has 0 radical (unpaired) electrons. The molecule has 0 spiro atoms. The van der Waals surface area contributed by atoms with Crippen LogP contribution < -0.4 is 16.0 Å². The highest BCUT2D eigenvalue weighted by molar-refractivity contribution is 5.91. The van der Waals surface area contributed by atoms with Gasteiger partial charge in [0, 0.05) is 18.3 Å². The molecular formula is C16H19N3O3. The zero-order chi connectivity index (χ0) is 16.1. The van der Waals surface area contributed by atoms with E-state index in [2.05, 4.69) is 16.0 Å². The molecule has 3 N–H and O–H groups in total. The first-order valence-corrected chi connectivity index (χ1v) is 6.95. The third-order valence-electron chi connectivity index (χ3n) is 3.00. The van der Waals surface area contributed by atoms with E-state index in [4.69, 9.17) is 4.42 Å². The Bertz CT molecular complexity index is 662. The van der Waals surface area contributed by atoms with E-state index in [0.717, 1.165) is 5.76 Å². The van der Waals surface area contributed by atoms with Gasteiger partial charge in [-0.15, -0.1) is 0 Å². The van der Waals surface area contributed by atoms with E-state index in [1.165, 1.54) is 6.92 Å². The van der Waals surface area contributed by atoms with Crippen LogP contribution in [0.15, 0.2) is 40.8 Å². The Labute approximate surface area is 128 Å². The molecule has 6 nitrogen and oxygen atoms in total. The molecule has 0 saturated heterocycles. The average molecular weight is 301 g/mol. The molecule has 0 saturated carbocycles. The van der Waals surface area contributed by atoms with Crippen molar-refractivity contribution in [1.82, 2.24) is 5.32 Å². The van der Waals surface area contributed by atoms with Crippen LogP contribution in [0.5, 0.6) is 0 Å². The third-order valence-corrected chi connectivity index (χ3v) is 3.00. The molecule has 3 amide bonds. The first-order chi connectivity index (χ1) is 10.4. The van der Waals surface area contributed by atoms with Gasteiger partial charge in [0.1, 0.15) is 11.5 Å². The van der Waals surface area contributed by atoms with Gasteiger partial charge in [-0.2, -0.15) is 0 Å². The van der Waals surface area contributed by atoms with Crippen LogP contribution in [0, 0.1) is 6.92 Å². The molecule has 0 bridgehead atoms. The van der Waals surface area contributed by atoms with Crippen LogP contribution in [-0.4, -0.2) is 11.9 Å². The molecular weight excluding hydrogens is 282 g/mol. The maximum atomic E-state index is 11.9. The lowest BCUT2D eigenvalue weighted by Gasteiger charge is -2.13. The van der Waals surface area contributed by atoms with E-state index in [9.17, 15) is 9.59 Å². The summed E-state index contributed by atoms with van der Waals surface area (Å²) in [5.41, 5.74) is 1.31. The molecule has 1 aromatic heterocycles. The lowest BCUT2D eigenvalue weighted by atomic mass is 10.2. The summed E-state index contributed by atoms with van der Waals surface area (Å²) in [6.07, 6.45) is 0. The van der Waals surface area contributed by atoms with Crippen LogP contribution >= 0.6 is 0 Å². The zero-order valence-electron chi connectivity index (χ0n) is 12.8. The van der Waals surface area contributed by atoms with Crippen LogP contribution in [0.2, 0.25) is 0 Å². The minimum atomic E-state index is -0.325. The Morgan fingerprint density at radius 1 is 1.00 bits per heavy atom. The summed E-state index contributed by atoms with van der Waals surface area (Å²) in [7, 11) is 0. The van der Waals surface area contributed by atoms with Gasteiger partial charge in [-0.3, -0.25) is 4.79 Å². The average Bonchev–Trinajstić information content (AvgIpc) is 2.87. The second-order valence-corrected chi connectivity index (χ2v) is 5.03. The minimum absolute atomic E-state index is 0.138. The van der Waals surface area contributed by atoms with Crippen LogP contribution in [0.3, 0.4) is 0 Å². The van der Waals surface area contributed by atoms with Gasteiger partial charge in [-0.1, -0.05) is 0 Å². The monoisotopic (exact) mass is 301 g/mol. The van der Waals surface area contributed by atoms with Gasteiger partial charge in [-0.25, -0.2) is 4.79 Å². The number of urea groups is 1. The van der Waals surface area contributed by atoms with Crippen LogP contribution in [-0.2, 0) is 4.79 Å². The minimum Gasteiger partial charge on any atom is -0.464 e. The normalized spacial score (nSPS) is 11.6. The second kappa shape index (κ2) is 6.80. The van der Waals surface area contributed by atoms with Crippen LogP contribution in [0.25, 0.3) is 0 Å². The van der Waals surface area contributed by atoms with E-state index < -0.39 is 0 Å². The van der Waals surface area contributed by atoms with E-state index in [0.29, 0.717) is 17.1 Å². The highest BCUT2D eigenvalue weighted by Crippen LogP contribution is 2.16. The largest absolute Gasteiger partial charge is 0.464 e. The van der Waals surface area contributed by atoms with Crippen molar-refractivity contribution in [3.05, 3.63) is 47.9 Å². The number of anilines is 2. The molecule has 2 rings (SSSR count). The predicted molar refractivity (Wildman–Crippen MR) is 84.8 cm³/mol. The fourth-order valence-electron chi connectivity index (χ4n) is 1.96. The van der Waals surface area contributed by atoms with Crippen molar-refractivity contribution in [3.8, 4) is 0 Å². The molecule has 2 aromatic rings. The number of carbonyl (C=O) groups is 2. The van der Waals surface area contributed by atoms with E-state index in [1.54, 1.807) is 24.3 Å². The van der Waals surface area contributed by atoms with Crippen molar-refractivity contribution < 1.29 is 14.0 Å². The van der Waals surface area contributed by atoms with E-state index in [1.807, 2.05) is 26.0 Å².